The van der Waals surface area contributed by atoms with Crippen LogP contribution in [-0.2, 0) is 16.6 Å². The van der Waals surface area contributed by atoms with E-state index in [-0.39, 0.29) is 12.1 Å². The van der Waals surface area contributed by atoms with Crippen LogP contribution in [-0.4, -0.2) is 56.9 Å². The maximum Gasteiger partial charge on any atom is 0.243 e. The van der Waals surface area contributed by atoms with Crippen LogP contribution in [0.15, 0.2) is 29.2 Å². The zero-order valence-corrected chi connectivity index (χ0v) is 14.0. The van der Waals surface area contributed by atoms with Crippen LogP contribution in [0.2, 0.25) is 0 Å². The molecule has 21 heavy (non-hydrogen) atoms. The van der Waals surface area contributed by atoms with E-state index in [0.29, 0.717) is 24.5 Å². The summed E-state index contributed by atoms with van der Waals surface area (Å²) < 4.78 is 27.3. The molecule has 118 valence electrons. The average Bonchev–Trinajstić information content (AvgIpc) is 2.45. The molecule has 1 fully saturated rings. The Labute approximate surface area is 128 Å². The molecule has 0 radical (unpaired) electrons. The van der Waals surface area contributed by atoms with Gasteiger partial charge in [-0.3, -0.25) is 4.90 Å². The number of hydrogen-bond donors (Lipinski definition) is 1. The maximum absolute atomic E-state index is 12.8. The van der Waals surface area contributed by atoms with Crippen molar-refractivity contribution in [2.45, 2.75) is 37.4 Å². The van der Waals surface area contributed by atoms with Crippen molar-refractivity contribution in [2.24, 2.45) is 0 Å². The number of likely N-dealkylation sites (N-methyl/N-ethyl adjacent to an activating group) is 1. The summed E-state index contributed by atoms with van der Waals surface area (Å²) in [6.07, 6.45) is 0. The van der Waals surface area contributed by atoms with Gasteiger partial charge in [-0.15, -0.1) is 0 Å². The van der Waals surface area contributed by atoms with E-state index in [4.69, 9.17) is 0 Å². The second-order valence-electron chi connectivity index (χ2n) is 5.86. The minimum atomic E-state index is -3.41. The smallest absolute Gasteiger partial charge is 0.243 e. The fraction of sp³-hybridized carbons (Fsp3) is 0.600. The van der Waals surface area contributed by atoms with Gasteiger partial charge in [0.25, 0.3) is 0 Å². The molecular formula is C15H25N3O2S. The van der Waals surface area contributed by atoms with Gasteiger partial charge in [0.1, 0.15) is 0 Å². The summed E-state index contributed by atoms with van der Waals surface area (Å²) in [5.74, 6) is 0. The van der Waals surface area contributed by atoms with E-state index < -0.39 is 10.0 Å². The highest BCUT2D eigenvalue weighted by Crippen LogP contribution is 2.22. The van der Waals surface area contributed by atoms with E-state index in [9.17, 15) is 8.42 Å². The normalized spacial score (nSPS) is 25.1. The second kappa shape index (κ2) is 6.44. The lowest BCUT2D eigenvalue weighted by Gasteiger charge is -2.41. The van der Waals surface area contributed by atoms with Crippen molar-refractivity contribution in [1.82, 2.24) is 14.5 Å². The summed E-state index contributed by atoms with van der Waals surface area (Å²) in [6, 6.07) is 7.64. The van der Waals surface area contributed by atoms with Crippen molar-refractivity contribution < 1.29 is 8.42 Å². The first kappa shape index (κ1) is 16.4. The molecule has 2 atom stereocenters. The van der Waals surface area contributed by atoms with E-state index in [2.05, 4.69) is 24.1 Å². The molecule has 1 aliphatic rings. The van der Waals surface area contributed by atoms with Crippen molar-refractivity contribution >= 4 is 10.0 Å². The lowest BCUT2D eigenvalue weighted by Crippen LogP contribution is -2.56. The summed E-state index contributed by atoms with van der Waals surface area (Å²) in [7, 11) is 0.487. The van der Waals surface area contributed by atoms with Crippen molar-refractivity contribution in [3.63, 3.8) is 0 Å². The number of sulfonamides is 1. The molecule has 1 heterocycles. The molecule has 2 unspecified atom stereocenters. The minimum absolute atomic E-state index is 0.226. The standard InChI is InChI=1S/C15H25N3O2S/c1-12-10-18(11-13(2)17(12)4)21(19,20)15-7-5-6-14(8-15)9-16-3/h5-8,12-13,16H,9-11H2,1-4H3. The van der Waals surface area contributed by atoms with E-state index in [1.165, 1.54) is 0 Å². The molecule has 0 aliphatic carbocycles. The second-order valence-corrected chi connectivity index (χ2v) is 7.80. The molecule has 0 saturated carbocycles. The molecule has 5 nitrogen and oxygen atoms in total. The predicted molar refractivity (Wildman–Crippen MR) is 84.7 cm³/mol. The van der Waals surface area contributed by atoms with Crippen LogP contribution < -0.4 is 5.32 Å². The molecule has 1 saturated heterocycles. The van der Waals surface area contributed by atoms with Gasteiger partial charge in [0.2, 0.25) is 10.0 Å². The molecule has 0 aromatic heterocycles. The lowest BCUT2D eigenvalue weighted by molar-refractivity contribution is 0.105. The Morgan fingerprint density at radius 1 is 1.24 bits per heavy atom. The Bertz CT molecular complexity index is 576. The fourth-order valence-electron chi connectivity index (χ4n) is 2.72. The van der Waals surface area contributed by atoms with Crippen LogP contribution in [0.1, 0.15) is 19.4 Å². The number of benzene rings is 1. The van der Waals surface area contributed by atoms with Crippen molar-refractivity contribution in [1.29, 1.82) is 0 Å². The molecule has 1 N–H and O–H groups in total. The first-order valence-electron chi connectivity index (χ1n) is 7.32. The lowest BCUT2D eigenvalue weighted by atomic mass is 10.1. The zero-order valence-electron chi connectivity index (χ0n) is 13.2. The Hall–Kier alpha value is -0.950. The van der Waals surface area contributed by atoms with Crippen LogP contribution in [0.4, 0.5) is 0 Å². The Kier molecular flexibility index (Phi) is 5.03. The number of piperazine rings is 1. The molecule has 1 aromatic rings. The number of nitrogens with zero attached hydrogens (tertiary/aromatic N) is 2. The number of nitrogens with one attached hydrogen (secondary N) is 1. The van der Waals surface area contributed by atoms with Crippen LogP contribution in [0.3, 0.4) is 0 Å². The Morgan fingerprint density at radius 3 is 2.43 bits per heavy atom. The third-order valence-corrected chi connectivity index (χ3v) is 6.07. The molecule has 2 rings (SSSR count). The van der Waals surface area contributed by atoms with Crippen LogP contribution in [0.5, 0.6) is 0 Å². The topological polar surface area (TPSA) is 52.7 Å². The van der Waals surface area contributed by atoms with Crippen LogP contribution >= 0.6 is 0 Å². The molecule has 1 aromatic carbocycles. The van der Waals surface area contributed by atoms with Gasteiger partial charge in [0, 0.05) is 31.7 Å². The average molecular weight is 311 g/mol. The number of rotatable bonds is 4. The van der Waals surface area contributed by atoms with Gasteiger partial charge in [0.05, 0.1) is 4.90 Å². The predicted octanol–water partition coefficient (Wildman–Crippen LogP) is 1.12. The Balaban J connectivity index is 2.27. The molecule has 0 amide bonds. The van der Waals surface area contributed by atoms with Gasteiger partial charge in [0.15, 0.2) is 0 Å². The van der Waals surface area contributed by atoms with Crippen LogP contribution in [0.25, 0.3) is 0 Å². The third-order valence-electron chi connectivity index (χ3n) is 4.24. The van der Waals surface area contributed by atoms with Gasteiger partial charge >= 0.3 is 0 Å². The summed E-state index contributed by atoms with van der Waals surface area (Å²) in [5.41, 5.74) is 0.980. The SMILES string of the molecule is CNCc1cccc(S(=O)(=O)N2CC(C)N(C)C(C)C2)c1. The highest BCUT2D eigenvalue weighted by atomic mass is 32.2. The van der Waals surface area contributed by atoms with Gasteiger partial charge in [-0.05, 0) is 45.6 Å². The highest BCUT2D eigenvalue weighted by Gasteiger charge is 2.34. The van der Waals surface area contributed by atoms with Gasteiger partial charge < -0.3 is 5.32 Å². The van der Waals surface area contributed by atoms with Gasteiger partial charge in [-0.1, -0.05) is 12.1 Å². The molecular weight excluding hydrogens is 286 g/mol. The van der Waals surface area contributed by atoms with E-state index in [0.717, 1.165) is 5.56 Å². The van der Waals surface area contributed by atoms with E-state index in [1.807, 2.05) is 26.2 Å². The summed E-state index contributed by atoms with van der Waals surface area (Å²) in [5, 5.41) is 3.05. The first-order valence-corrected chi connectivity index (χ1v) is 8.76. The van der Waals surface area contributed by atoms with Crippen molar-refractivity contribution in [3.05, 3.63) is 29.8 Å². The van der Waals surface area contributed by atoms with Crippen molar-refractivity contribution in [2.75, 3.05) is 27.2 Å². The first-order chi connectivity index (χ1) is 9.86. The Morgan fingerprint density at radius 2 is 1.86 bits per heavy atom. The monoisotopic (exact) mass is 311 g/mol. The summed E-state index contributed by atoms with van der Waals surface area (Å²) in [6.45, 7) is 5.88. The minimum Gasteiger partial charge on any atom is -0.316 e. The molecule has 0 spiro atoms. The van der Waals surface area contributed by atoms with E-state index in [1.54, 1.807) is 16.4 Å². The summed E-state index contributed by atoms with van der Waals surface area (Å²) in [4.78, 5) is 2.61. The van der Waals surface area contributed by atoms with Crippen molar-refractivity contribution in [3.8, 4) is 0 Å². The molecule has 6 heteroatoms. The molecule has 0 bridgehead atoms. The number of hydrogen-bond acceptors (Lipinski definition) is 4. The van der Waals surface area contributed by atoms with Crippen LogP contribution in [0, 0.1) is 0 Å². The van der Waals surface area contributed by atoms with Gasteiger partial charge in [-0.2, -0.15) is 4.31 Å². The van der Waals surface area contributed by atoms with E-state index >= 15 is 0 Å². The highest BCUT2D eigenvalue weighted by molar-refractivity contribution is 7.89. The third kappa shape index (κ3) is 3.45. The fourth-order valence-corrected chi connectivity index (χ4v) is 4.39. The zero-order chi connectivity index (χ0) is 15.6. The largest absolute Gasteiger partial charge is 0.316 e. The quantitative estimate of drug-likeness (QED) is 0.905. The molecule has 1 aliphatic heterocycles. The summed E-state index contributed by atoms with van der Waals surface area (Å²) >= 11 is 0. The maximum atomic E-state index is 12.8. The van der Waals surface area contributed by atoms with Gasteiger partial charge in [-0.25, -0.2) is 8.42 Å².